The van der Waals surface area contributed by atoms with Gasteiger partial charge in [-0.2, -0.15) is 4.98 Å². The molecule has 2 aromatic carbocycles. The first kappa shape index (κ1) is 28.1. The Labute approximate surface area is 227 Å². The molecule has 2 heterocycles. The van der Waals surface area contributed by atoms with Crippen molar-refractivity contribution < 1.29 is 28.2 Å². The molecule has 1 saturated heterocycles. The van der Waals surface area contributed by atoms with Gasteiger partial charge >= 0.3 is 5.97 Å². The molecule has 3 aromatic rings. The topological polar surface area (TPSA) is 93.2 Å². The van der Waals surface area contributed by atoms with E-state index in [0.29, 0.717) is 6.42 Å². The van der Waals surface area contributed by atoms with Crippen LogP contribution in [0.25, 0.3) is 0 Å². The maximum Gasteiger partial charge on any atom is 0.348 e. The van der Waals surface area contributed by atoms with E-state index in [-0.39, 0.29) is 27.8 Å². The number of carbonyl (C=O) groups excluding carboxylic acids is 1. The predicted octanol–water partition coefficient (Wildman–Crippen LogP) is 3.38. The molecule has 0 bridgehead atoms. The van der Waals surface area contributed by atoms with Crippen molar-refractivity contribution >= 4 is 36.0 Å². The molecule has 202 valence electrons. The molecular weight excluding hydrogens is 522 g/mol. The van der Waals surface area contributed by atoms with Gasteiger partial charge in [0.1, 0.15) is 17.6 Å². The minimum Gasteiger partial charge on any atom is -0.467 e. The minimum absolute atomic E-state index is 0.0616. The predicted molar refractivity (Wildman–Crippen MR) is 148 cm³/mol. The highest BCUT2D eigenvalue weighted by Gasteiger charge is 2.53. The number of ether oxygens (including phenoxy) is 4. The van der Waals surface area contributed by atoms with Gasteiger partial charge < -0.3 is 23.4 Å². The summed E-state index contributed by atoms with van der Waals surface area (Å²) in [5.41, 5.74) is -0.582. The number of methoxy groups -OCH3 is 2. The highest BCUT2D eigenvalue weighted by atomic mass is 32.1. The lowest BCUT2D eigenvalue weighted by atomic mass is 10.2. The molecule has 0 saturated carbocycles. The van der Waals surface area contributed by atoms with Crippen LogP contribution in [0.1, 0.15) is 36.9 Å². The molecule has 1 unspecified atom stereocenters. The fourth-order valence-electron chi connectivity index (χ4n) is 4.82. The van der Waals surface area contributed by atoms with Gasteiger partial charge in [-0.05, 0) is 15.4 Å². The van der Waals surface area contributed by atoms with Crippen LogP contribution in [0.5, 0.6) is 5.19 Å². The highest BCUT2D eigenvalue weighted by molar-refractivity contribution is 7.15. The van der Waals surface area contributed by atoms with Gasteiger partial charge in [0.05, 0.1) is 13.2 Å². The largest absolute Gasteiger partial charge is 0.467 e. The normalized spacial score (nSPS) is 19.8. The van der Waals surface area contributed by atoms with Crippen LogP contribution in [0.2, 0.25) is 5.04 Å². The van der Waals surface area contributed by atoms with E-state index in [2.05, 4.69) is 50.0 Å². The van der Waals surface area contributed by atoms with Gasteiger partial charge in [0.2, 0.25) is 0 Å². The Morgan fingerprint density at radius 3 is 2.18 bits per heavy atom. The molecule has 0 radical (unpaired) electrons. The third-order valence-corrected chi connectivity index (χ3v) is 12.5. The third-order valence-electron chi connectivity index (χ3n) is 6.58. The van der Waals surface area contributed by atoms with E-state index in [1.807, 2.05) is 36.4 Å². The average molecular weight is 556 g/mol. The van der Waals surface area contributed by atoms with Crippen LogP contribution >= 0.6 is 11.3 Å². The van der Waals surface area contributed by atoms with E-state index < -0.39 is 32.2 Å². The van der Waals surface area contributed by atoms with Crippen LogP contribution in [-0.2, 0) is 18.6 Å². The fourth-order valence-corrected chi connectivity index (χ4v) is 10.3. The number of nitrogens with zero attached hydrogens (tertiary/aromatic N) is 1. The molecular formula is C28H33NO7SSi. The van der Waals surface area contributed by atoms with Crippen molar-refractivity contribution in [3.8, 4) is 5.19 Å². The van der Waals surface area contributed by atoms with Gasteiger partial charge in [0, 0.05) is 19.6 Å². The maximum atomic E-state index is 12.0. The standard InChI is InChI=1S/C28H33NO7SSi/c1-28(2,3)38(19-12-8-6-9-13-19,20-14-10-7-11-15-20)36-21-16-25(32-4)35-22(21)18-34-27-29-24(30)17-23(37-27)26(31)33-5/h6-15,17,21-22,25H,16,18H2,1-5H3/t21-,22+,25?/m0/s1. The fraction of sp³-hybridized carbons (Fsp3) is 0.393. The monoisotopic (exact) mass is 555 g/mol. The Kier molecular flexibility index (Phi) is 8.79. The molecule has 0 spiro atoms. The van der Waals surface area contributed by atoms with Gasteiger partial charge in [0.25, 0.3) is 19.1 Å². The van der Waals surface area contributed by atoms with Crippen LogP contribution < -0.4 is 20.7 Å². The minimum atomic E-state index is -2.86. The van der Waals surface area contributed by atoms with E-state index in [4.69, 9.17) is 23.4 Å². The van der Waals surface area contributed by atoms with Crippen LogP contribution in [0, 0.1) is 0 Å². The second-order valence-corrected chi connectivity index (χ2v) is 15.3. The van der Waals surface area contributed by atoms with Crippen molar-refractivity contribution in [2.75, 3.05) is 20.8 Å². The van der Waals surface area contributed by atoms with Crippen molar-refractivity contribution in [3.05, 3.63) is 82.0 Å². The Balaban J connectivity index is 1.68. The van der Waals surface area contributed by atoms with Crippen LogP contribution in [-0.4, -0.2) is 58.6 Å². The maximum absolute atomic E-state index is 12.0. The van der Waals surface area contributed by atoms with Crippen molar-refractivity contribution in [3.63, 3.8) is 0 Å². The SMILES string of the molecule is COC(=O)c1cc(=O)nc(OC[C@H]2OC(OC)C[C@@H]2O[Si](c2ccccc2)(c2ccccc2)C(C)(C)C)s1. The van der Waals surface area contributed by atoms with E-state index >= 15 is 0 Å². The van der Waals surface area contributed by atoms with Gasteiger partial charge in [0.15, 0.2) is 6.29 Å². The van der Waals surface area contributed by atoms with Gasteiger partial charge in [-0.25, -0.2) is 4.79 Å². The molecule has 1 aromatic heterocycles. The van der Waals surface area contributed by atoms with Crippen molar-refractivity contribution in [2.24, 2.45) is 0 Å². The number of aromatic nitrogens is 1. The number of hydrogen-bond acceptors (Lipinski definition) is 9. The summed E-state index contributed by atoms with van der Waals surface area (Å²) in [5, 5.41) is 2.16. The van der Waals surface area contributed by atoms with Gasteiger partial charge in [-0.3, -0.25) is 4.79 Å². The molecule has 0 aliphatic carbocycles. The third kappa shape index (κ3) is 5.89. The molecule has 4 rings (SSSR count). The van der Waals surface area contributed by atoms with Crippen LogP contribution in [0.3, 0.4) is 0 Å². The van der Waals surface area contributed by atoms with E-state index in [1.165, 1.54) is 7.11 Å². The quantitative estimate of drug-likeness (QED) is 0.293. The Bertz CT molecular complexity index is 1240. The molecule has 10 heteroatoms. The second-order valence-electron chi connectivity index (χ2n) is 10.0. The number of benzene rings is 2. The molecule has 38 heavy (non-hydrogen) atoms. The molecule has 0 N–H and O–H groups in total. The molecule has 1 aliphatic heterocycles. The molecule has 1 aliphatic rings. The number of rotatable bonds is 9. The summed E-state index contributed by atoms with van der Waals surface area (Å²) in [6.07, 6.45) is -0.805. The smallest absolute Gasteiger partial charge is 0.348 e. The van der Waals surface area contributed by atoms with Crippen molar-refractivity contribution in [1.82, 2.24) is 4.98 Å². The van der Waals surface area contributed by atoms with Gasteiger partial charge in [-0.15, -0.1) is 0 Å². The second kappa shape index (κ2) is 11.9. The average Bonchev–Trinajstić information content (AvgIpc) is 3.31. The number of carbonyl (C=O) groups is 1. The zero-order valence-corrected chi connectivity index (χ0v) is 24.0. The van der Waals surface area contributed by atoms with Gasteiger partial charge in [-0.1, -0.05) is 92.8 Å². The van der Waals surface area contributed by atoms with Crippen molar-refractivity contribution in [1.29, 1.82) is 0 Å². The summed E-state index contributed by atoms with van der Waals surface area (Å²) >= 11 is 0.945. The summed E-state index contributed by atoms with van der Waals surface area (Å²) in [6, 6.07) is 21.9. The summed E-state index contributed by atoms with van der Waals surface area (Å²) in [5.74, 6) is -0.621. The lowest BCUT2D eigenvalue weighted by Gasteiger charge is -2.45. The van der Waals surface area contributed by atoms with E-state index in [0.717, 1.165) is 27.8 Å². The summed E-state index contributed by atoms with van der Waals surface area (Å²) in [7, 11) is -0.00719. The zero-order chi connectivity index (χ0) is 27.3. The number of esters is 1. The first-order valence-electron chi connectivity index (χ1n) is 12.4. The summed E-state index contributed by atoms with van der Waals surface area (Å²) < 4.78 is 29.6. The summed E-state index contributed by atoms with van der Waals surface area (Å²) in [4.78, 5) is 28.0. The van der Waals surface area contributed by atoms with E-state index in [9.17, 15) is 9.59 Å². The Morgan fingerprint density at radius 2 is 1.66 bits per heavy atom. The molecule has 1 fully saturated rings. The van der Waals surface area contributed by atoms with E-state index in [1.54, 1.807) is 7.11 Å². The lowest BCUT2D eigenvalue weighted by molar-refractivity contribution is -0.124. The van der Waals surface area contributed by atoms with Crippen LogP contribution in [0.15, 0.2) is 71.5 Å². The molecule has 8 nitrogen and oxygen atoms in total. The summed E-state index contributed by atoms with van der Waals surface area (Å²) in [6.45, 7) is 6.71. The Morgan fingerprint density at radius 1 is 1.05 bits per heavy atom. The zero-order valence-electron chi connectivity index (χ0n) is 22.2. The Hall–Kier alpha value is -2.89. The first-order valence-corrected chi connectivity index (χ1v) is 15.1. The van der Waals surface area contributed by atoms with Crippen molar-refractivity contribution in [2.45, 2.75) is 50.7 Å². The molecule has 3 atom stereocenters. The highest BCUT2D eigenvalue weighted by Crippen LogP contribution is 2.40. The number of hydrogen-bond donors (Lipinski definition) is 0. The first-order chi connectivity index (χ1) is 18.2. The van der Waals surface area contributed by atoms with Crippen LogP contribution in [0.4, 0.5) is 0 Å². The lowest BCUT2D eigenvalue weighted by Crippen LogP contribution is -2.68. The molecule has 0 amide bonds.